The Hall–Kier alpha value is -4.86. The van der Waals surface area contributed by atoms with E-state index in [4.69, 9.17) is 14.1 Å². The van der Waals surface area contributed by atoms with E-state index in [0.29, 0.717) is 54.6 Å². The number of benzene rings is 2. The third kappa shape index (κ3) is 5.75. The maximum atomic E-state index is 12.6. The van der Waals surface area contributed by atoms with E-state index in [0.717, 1.165) is 11.2 Å². The first kappa shape index (κ1) is 24.8. The van der Waals surface area contributed by atoms with Gasteiger partial charge in [0.1, 0.15) is 17.1 Å². The lowest BCUT2D eigenvalue weighted by Gasteiger charge is -2.35. The smallest absolute Gasteiger partial charge is 0.289 e. The average molecular weight is 514 g/mol. The first-order valence-corrected chi connectivity index (χ1v) is 12.2. The molecule has 3 heterocycles. The van der Waals surface area contributed by atoms with E-state index in [-0.39, 0.29) is 24.3 Å². The van der Waals surface area contributed by atoms with Crippen LogP contribution < -0.4 is 20.3 Å². The largest absolute Gasteiger partial charge is 0.481 e. The summed E-state index contributed by atoms with van der Waals surface area (Å²) in [5, 5.41) is 6.35. The van der Waals surface area contributed by atoms with Gasteiger partial charge in [0.2, 0.25) is 5.91 Å². The fourth-order valence-corrected chi connectivity index (χ4v) is 4.32. The summed E-state index contributed by atoms with van der Waals surface area (Å²) >= 11 is 0. The van der Waals surface area contributed by atoms with E-state index >= 15 is 0 Å². The summed E-state index contributed by atoms with van der Waals surface area (Å²) in [6.07, 6.45) is 1.50. The molecule has 194 valence electrons. The Morgan fingerprint density at radius 2 is 1.68 bits per heavy atom. The zero-order chi connectivity index (χ0) is 26.5. The molecule has 0 unspecified atom stereocenters. The normalized spacial score (nSPS) is 13.3. The number of para-hydroxylation sites is 1. The highest BCUT2D eigenvalue weighted by molar-refractivity contribution is 5.94. The van der Waals surface area contributed by atoms with Crippen LogP contribution in [0.15, 0.2) is 77.4 Å². The van der Waals surface area contributed by atoms with Crippen molar-refractivity contribution in [2.75, 3.05) is 48.3 Å². The van der Waals surface area contributed by atoms with E-state index in [2.05, 4.69) is 15.5 Å². The van der Waals surface area contributed by atoms with Gasteiger partial charge in [0.25, 0.3) is 11.8 Å². The number of amides is 3. The highest BCUT2D eigenvalue weighted by Crippen LogP contribution is 2.27. The number of pyridine rings is 1. The molecule has 0 bridgehead atoms. The second kappa shape index (κ2) is 11.0. The minimum Gasteiger partial charge on any atom is -0.481 e. The van der Waals surface area contributed by atoms with Gasteiger partial charge < -0.3 is 29.6 Å². The minimum absolute atomic E-state index is 0.114. The number of rotatable bonds is 7. The van der Waals surface area contributed by atoms with Gasteiger partial charge in [-0.25, -0.2) is 4.98 Å². The molecule has 5 rings (SSSR count). The molecule has 1 fully saturated rings. The van der Waals surface area contributed by atoms with Crippen LogP contribution in [0.2, 0.25) is 0 Å². The SMILES string of the molecule is CC(=O)Nc1cccc(NC(=O)COc2cccc3ccc(N4CCN(C(=O)c5ccco5)CC4)nc23)c1. The third-order valence-electron chi connectivity index (χ3n) is 6.12. The van der Waals surface area contributed by atoms with Crippen molar-refractivity contribution >= 4 is 45.8 Å². The van der Waals surface area contributed by atoms with Gasteiger partial charge in [0, 0.05) is 49.9 Å². The number of piperazine rings is 1. The van der Waals surface area contributed by atoms with Gasteiger partial charge in [-0.3, -0.25) is 14.4 Å². The molecular weight excluding hydrogens is 486 g/mol. The van der Waals surface area contributed by atoms with Crippen molar-refractivity contribution in [3.05, 3.63) is 78.8 Å². The highest BCUT2D eigenvalue weighted by atomic mass is 16.5. The Kier molecular flexibility index (Phi) is 7.21. The second-order valence-corrected chi connectivity index (χ2v) is 8.85. The Balaban J connectivity index is 1.23. The molecule has 0 radical (unpaired) electrons. The van der Waals surface area contributed by atoms with Gasteiger partial charge >= 0.3 is 0 Å². The topological polar surface area (TPSA) is 117 Å². The number of hydrogen-bond donors (Lipinski definition) is 2. The number of fused-ring (bicyclic) bond motifs is 1. The molecule has 1 saturated heterocycles. The van der Waals surface area contributed by atoms with E-state index in [1.165, 1.54) is 13.2 Å². The lowest BCUT2D eigenvalue weighted by Crippen LogP contribution is -2.49. The summed E-state index contributed by atoms with van der Waals surface area (Å²) in [5.41, 5.74) is 1.79. The number of aromatic nitrogens is 1. The number of carbonyl (C=O) groups is 3. The second-order valence-electron chi connectivity index (χ2n) is 8.85. The Labute approximate surface area is 219 Å². The number of carbonyl (C=O) groups excluding carboxylic acids is 3. The molecule has 10 heteroatoms. The maximum absolute atomic E-state index is 12.6. The first-order chi connectivity index (χ1) is 18.5. The molecule has 38 heavy (non-hydrogen) atoms. The summed E-state index contributed by atoms with van der Waals surface area (Å²) in [4.78, 5) is 45.1. The van der Waals surface area contributed by atoms with Crippen molar-refractivity contribution < 1.29 is 23.5 Å². The number of anilines is 3. The number of nitrogens with zero attached hydrogens (tertiary/aromatic N) is 3. The standard InChI is InChI=1S/C28H27N5O5/c1-19(34)29-21-6-3-7-22(17-21)30-26(35)18-38-23-8-2-5-20-10-11-25(31-27(20)23)32-12-14-33(15-13-32)28(36)24-9-4-16-37-24/h2-11,16-17H,12-15,18H2,1H3,(H,29,34)(H,30,35). The number of hydrogen-bond acceptors (Lipinski definition) is 7. The van der Waals surface area contributed by atoms with Gasteiger partial charge in [-0.1, -0.05) is 18.2 Å². The summed E-state index contributed by atoms with van der Waals surface area (Å²) in [7, 11) is 0. The van der Waals surface area contributed by atoms with Crippen molar-refractivity contribution in [3.8, 4) is 5.75 Å². The molecule has 1 aliphatic heterocycles. The lowest BCUT2D eigenvalue weighted by molar-refractivity contribution is -0.118. The number of nitrogens with one attached hydrogen (secondary N) is 2. The molecule has 10 nitrogen and oxygen atoms in total. The van der Waals surface area contributed by atoms with Crippen LogP contribution in [0.4, 0.5) is 17.2 Å². The summed E-state index contributed by atoms with van der Waals surface area (Å²) in [6, 6.07) is 19.8. The number of furan rings is 1. The van der Waals surface area contributed by atoms with E-state index in [1.54, 1.807) is 47.4 Å². The molecule has 0 spiro atoms. The molecule has 0 saturated carbocycles. The molecular formula is C28H27N5O5. The van der Waals surface area contributed by atoms with Crippen LogP contribution in [0.3, 0.4) is 0 Å². The van der Waals surface area contributed by atoms with E-state index in [9.17, 15) is 14.4 Å². The Bertz CT molecular complexity index is 1460. The van der Waals surface area contributed by atoms with E-state index < -0.39 is 0 Å². The minimum atomic E-state index is -0.338. The molecule has 0 atom stereocenters. The first-order valence-electron chi connectivity index (χ1n) is 12.2. The summed E-state index contributed by atoms with van der Waals surface area (Å²) < 4.78 is 11.1. The average Bonchev–Trinajstić information content (AvgIpc) is 3.46. The van der Waals surface area contributed by atoms with Gasteiger partial charge in [-0.15, -0.1) is 0 Å². The lowest BCUT2D eigenvalue weighted by atomic mass is 10.2. The Morgan fingerprint density at radius 1 is 0.921 bits per heavy atom. The van der Waals surface area contributed by atoms with Crippen LogP contribution in [0.5, 0.6) is 5.75 Å². The summed E-state index contributed by atoms with van der Waals surface area (Å²) in [6.45, 7) is 3.60. The number of ether oxygens (including phenoxy) is 1. The molecule has 2 N–H and O–H groups in total. The zero-order valence-electron chi connectivity index (χ0n) is 20.8. The van der Waals surface area contributed by atoms with Crippen LogP contribution in [-0.4, -0.2) is 60.4 Å². The molecule has 0 aliphatic carbocycles. The van der Waals surface area contributed by atoms with Crippen LogP contribution in [-0.2, 0) is 9.59 Å². The predicted octanol–water partition coefficient (Wildman–Crippen LogP) is 3.77. The zero-order valence-corrected chi connectivity index (χ0v) is 20.8. The van der Waals surface area contributed by atoms with Crippen molar-refractivity contribution in [2.24, 2.45) is 0 Å². The van der Waals surface area contributed by atoms with E-state index in [1.807, 2.05) is 24.3 Å². The molecule has 2 aromatic carbocycles. The third-order valence-corrected chi connectivity index (χ3v) is 6.12. The van der Waals surface area contributed by atoms with Gasteiger partial charge in [0.15, 0.2) is 12.4 Å². The highest BCUT2D eigenvalue weighted by Gasteiger charge is 2.24. The van der Waals surface area contributed by atoms with Crippen molar-refractivity contribution in [1.29, 1.82) is 0 Å². The van der Waals surface area contributed by atoms with Crippen LogP contribution in [0.1, 0.15) is 17.5 Å². The summed E-state index contributed by atoms with van der Waals surface area (Å²) in [5.74, 6) is 0.973. The Morgan fingerprint density at radius 3 is 2.42 bits per heavy atom. The molecule has 3 amide bonds. The van der Waals surface area contributed by atoms with Crippen LogP contribution >= 0.6 is 0 Å². The van der Waals surface area contributed by atoms with Crippen LogP contribution in [0, 0.1) is 0 Å². The van der Waals surface area contributed by atoms with Gasteiger partial charge in [-0.2, -0.15) is 0 Å². The monoisotopic (exact) mass is 513 g/mol. The fraction of sp³-hybridized carbons (Fsp3) is 0.214. The van der Waals surface area contributed by atoms with Gasteiger partial charge in [0.05, 0.1) is 6.26 Å². The maximum Gasteiger partial charge on any atom is 0.289 e. The van der Waals surface area contributed by atoms with Crippen LogP contribution in [0.25, 0.3) is 10.9 Å². The van der Waals surface area contributed by atoms with Crippen molar-refractivity contribution in [2.45, 2.75) is 6.92 Å². The molecule has 1 aliphatic rings. The van der Waals surface area contributed by atoms with Gasteiger partial charge in [-0.05, 0) is 48.5 Å². The molecule has 4 aromatic rings. The fourth-order valence-electron chi connectivity index (χ4n) is 4.32. The molecule has 2 aromatic heterocycles. The quantitative estimate of drug-likeness (QED) is 0.386. The van der Waals surface area contributed by atoms with Crippen molar-refractivity contribution in [1.82, 2.24) is 9.88 Å². The van der Waals surface area contributed by atoms with Crippen molar-refractivity contribution in [3.63, 3.8) is 0 Å². The predicted molar refractivity (Wildman–Crippen MR) is 143 cm³/mol.